The number of nitrogens with zero attached hydrogens (tertiary/aromatic N) is 1. The molecule has 0 aliphatic heterocycles. The highest BCUT2D eigenvalue weighted by atomic mass is 31.2. The Morgan fingerprint density at radius 2 is 1.44 bits per heavy atom. The molecule has 0 saturated heterocycles. The number of hydrogen-bond acceptors (Lipinski definition) is 1. The van der Waals surface area contributed by atoms with Gasteiger partial charge in [0.1, 0.15) is 0 Å². The van der Waals surface area contributed by atoms with E-state index in [0.717, 1.165) is 12.1 Å². The molecule has 0 spiro atoms. The molecule has 0 unspecified atom stereocenters. The summed E-state index contributed by atoms with van der Waals surface area (Å²) in [5.41, 5.74) is 9.93. The number of fused-ring (bicyclic) bond motifs is 6. The summed E-state index contributed by atoms with van der Waals surface area (Å²) in [5.74, 6) is 0. The SMILES string of the molecule is CC1(C)c2ccccc2-c2cc3c4cc(-c5ccccc5)ccc4n(CCCCP(=O)(O)O)c3cc21. The third kappa shape index (κ3) is 3.81. The standard InChI is InChI=1S/C31H30NO3P/c1-31(2)27-13-7-6-12-23(27)24-19-26-25-18-22(21-10-4-3-5-11-21)14-15-29(25)32(30(26)20-28(24)31)16-8-9-17-36(33,34)35/h3-7,10-15,18-20H,8-9,16-17H2,1-2H3,(H2,33,34,35). The quantitative estimate of drug-likeness (QED) is 0.187. The summed E-state index contributed by atoms with van der Waals surface area (Å²) in [7, 11) is -3.98. The fourth-order valence-corrected chi connectivity index (χ4v) is 6.57. The van der Waals surface area contributed by atoms with Crippen LogP contribution in [0.25, 0.3) is 44.1 Å². The van der Waals surface area contributed by atoms with Crippen molar-refractivity contribution in [3.05, 3.63) is 96.1 Å². The van der Waals surface area contributed by atoms with Crippen LogP contribution in [0.15, 0.2) is 84.9 Å². The summed E-state index contributed by atoms with van der Waals surface area (Å²) in [6.45, 7) is 5.31. The van der Waals surface area contributed by atoms with Gasteiger partial charge in [0.15, 0.2) is 0 Å². The monoisotopic (exact) mass is 495 g/mol. The second-order valence-electron chi connectivity index (χ2n) is 10.4. The second-order valence-corrected chi connectivity index (χ2v) is 12.2. The van der Waals surface area contributed by atoms with E-state index in [1.807, 2.05) is 6.07 Å². The highest BCUT2D eigenvalue weighted by molar-refractivity contribution is 7.51. The molecule has 4 aromatic carbocycles. The van der Waals surface area contributed by atoms with E-state index >= 15 is 0 Å². The minimum absolute atomic E-state index is 0.0694. The van der Waals surface area contributed by atoms with E-state index in [0.29, 0.717) is 12.8 Å². The average molecular weight is 496 g/mol. The largest absolute Gasteiger partial charge is 0.340 e. The van der Waals surface area contributed by atoms with E-state index in [-0.39, 0.29) is 11.6 Å². The number of aromatic nitrogens is 1. The number of aryl methyl sites for hydroxylation is 1. The third-order valence-corrected chi connectivity index (χ3v) is 8.66. The van der Waals surface area contributed by atoms with E-state index in [1.165, 1.54) is 49.7 Å². The van der Waals surface area contributed by atoms with Gasteiger partial charge >= 0.3 is 7.60 Å². The smallest absolute Gasteiger partial charge is 0.325 e. The molecule has 5 aromatic rings. The molecule has 0 atom stereocenters. The molecule has 0 radical (unpaired) electrons. The first-order valence-corrected chi connectivity index (χ1v) is 14.3. The predicted molar refractivity (Wildman–Crippen MR) is 149 cm³/mol. The second kappa shape index (κ2) is 8.45. The normalized spacial score (nSPS) is 14.3. The summed E-state index contributed by atoms with van der Waals surface area (Å²) in [5, 5.41) is 2.44. The van der Waals surface area contributed by atoms with Gasteiger partial charge < -0.3 is 14.4 Å². The summed E-state index contributed by atoms with van der Waals surface area (Å²) in [6, 6.07) is 30.5. The van der Waals surface area contributed by atoms with Gasteiger partial charge in [0.05, 0.1) is 0 Å². The van der Waals surface area contributed by atoms with Crippen molar-refractivity contribution >= 4 is 29.4 Å². The number of unbranched alkanes of at least 4 members (excludes halogenated alkanes) is 1. The maximum Gasteiger partial charge on any atom is 0.325 e. The van der Waals surface area contributed by atoms with Crippen LogP contribution < -0.4 is 0 Å². The lowest BCUT2D eigenvalue weighted by Gasteiger charge is -2.21. The van der Waals surface area contributed by atoms with Crippen molar-refractivity contribution < 1.29 is 14.4 Å². The number of benzene rings is 4. The molecule has 1 heterocycles. The zero-order valence-corrected chi connectivity index (χ0v) is 21.5. The summed E-state index contributed by atoms with van der Waals surface area (Å²) in [6.07, 6.45) is 1.14. The van der Waals surface area contributed by atoms with Crippen LogP contribution in [0.3, 0.4) is 0 Å². The maximum absolute atomic E-state index is 11.4. The van der Waals surface area contributed by atoms with Gasteiger partial charge in [-0.3, -0.25) is 4.57 Å². The third-order valence-electron chi connectivity index (χ3n) is 7.76. The van der Waals surface area contributed by atoms with E-state index in [1.54, 1.807) is 0 Å². The molecule has 0 fully saturated rings. The first kappa shape index (κ1) is 23.2. The molecule has 36 heavy (non-hydrogen) atoms. The van der Waals surface area contributed by atoms with Crippen molar-refractivity contribution in [1.82, 2.24) is 4.57 Å². The highest BCUT2D eigenvalue weighted by Gasteiger charge is 2.36. The zero-order chi connectivity index (χ0) is 25.1. The van der Waals surface area contributed by atoms with Crippen LogP contribution in [-0.2, 0) is 16.5 Å². The fourth-order valence-electron chi connectivity index (χ4n) is 5.93. The van der Waals surface area contributed by atoms with E-state index in [2.05, 4.69) is 97.3 Å². The van der Waals surface area contributed by atoms with Crippen molar-refractivity contribution in [3.8, 4) is 22.3 Å². The average Bonchev–Trinajstić information content (AvgIpc) is 3.29. The lowest BCUT2D eigenvalue weighted by molar-refractivity contribution is 0.370. The summed E-state index contributed by atoms with van der Waals surface area (Å²) < 4.78 is 13.7. The number of rotatable bonds is 6. The van der Waals surface area contributed by atoms with Crippen LogP contribution in [0, 0.1) is 0 Å². The molecular formula is C31H30NO3P. The molecular weight excluding hydrogens is 465 g/mol. The van der Waals surface area contributed by atoms with Crippen molar-refractivity contribution in [1.29, 1.82) is 0 Å². The molecule has 4 nitrogen and oxygen atoms in total. The van der Waals surface area contributed by atoms with Crippen molar-refractivity contribution in [2.24, 2.45) is 0 Å². The van der Waals surface area contributed by atoms with Crippen molar-refractivity contribution in [2.75, 3.05) is 6.16 Å². The molecule has 0 saturated carbocycles. The Bertz CT molecular complexity index is 1660. The summed E-state index contributed by atoms with van der Waals surface area (Å²) in [4.78, 5) is 18.6. The first-order valence-electron chi connectivity index (χ1n) is 12.5. The van der Waals surface area contributed by atoms with Crippen LogP contribution in [0.4, 0.5) is 0 Å². The van der Waals surface area contributed by atoms with Crippen molar-refractivity contribution in [3.63, 3.8) is 0 Å². The van der Waals surface area contributed by atoms with Gasteiger partial charge in [-0.25, -0.2) is 0 Å². The van der Waals surface area contributed by atoms with Gasteiger partial charge in [0.25, 0.3) is 0 Å². The maximum atomic E-state index is 11.4. The lowest BCUT2D eigenvalue weighted by atomic mass is 9.82. The molecule has 1 aromatic heterocycles. The molecule has 182 valence electrons. The Balaban J connectivity index is 1.55. The minimum Gasteiger partial charge on any atom is -0.340 e. The Labute approximate surface area is 211 Å². The molecule has 6 rings (SSSR count). The zero-order valence-electron chi connectivity index (χ0n) is 20.6. The van der Waals surface area contributed by atoms with Crippen LogP contribution in [0.5, 0.6) is 0 Å². The van der Waals surface area contributed by atoms with E-state index in [9.17, 15) is 14.4 Å². The summed E-state index contributed by atoms with van der Waals surface area (Å²) >= 11 is 0. The topological polar surface area (TPSA) is 62.5 Å². The molecule has 2 N–H and O–H groups in total. The van der Waals surface area contributed by atoms with Gasteiger partial charge in [-0.05, 0) is 70.5 Å². The van der Waals surface area contributed by atoms with Gasteiger partial charge in [-0.15, -0.1) is 0 Å². The Kier molecular flexibility index (Phi) is 5.46. The van der Waals surface area contributed by atoms with Crippen LogP contribution in [0.2, 0.25) is 0 Å². The molecule has 1 aliphatic rings. The van der Waals surface area contributed by atoms with Gasteiger partial charge in [-0.2, -0.15) is 0 Å². The van der Waals surface area contributed by atoms with Gasteiger partial charge in [-0.1, -0.05) is 74.5 Å². The van der Waals surface area contributed by atoms with E-state index < -0.39 is 7.60 Å². The molecule has 5 heteroatoms. The Hall–Kier alpha value is -3.17. The fraction of sp³-hybridized carbons (Fsp3) is 0.226. The minimum atomic E-state index is -3.98. The predicted octanol–water partition coefficient (Wildman–Crippen LogP) is 7.73. The lowest BCUT2D eigenvalue weighted by Crippen LogP contribution is -2.15. The van der Waals surface area contributed by atoms with E-state index in [4.69, 9.17) is 0 Å². The molecule has 0 amide bonds. The molecule has 0 bridgehead atoms. The Morgan fingerprint density at radius 3 is 2.22 bits per heavy atom. The Morgan fingerprint density at radius 1 is 0.722 bits per heavy atom. The van der Waals surface area contributed by atoms with Crippen molar-refractivity contribution in [2.45, 2.75) is 38.6 Å². The van der Waals surface area contributed by atoms with Crippen LogP contribution in [0.1, 0.15) is 37.8 Å². The van der Waals surface area contributed by atoms with Crippen LogP contribution >= 0.6 is 7.60 Å². The highest BCUT2D eigenvalue weighted by Crippen LogP contribution is 2.50. The van der Waals surface area contributed by atoms with Crippen LogP contribution in [-0.4, -0.2) is 20.5 Å². The first-order chi connectivity index (χ1) is 17.2. The van der Waals surface area contributed by atoms with Gasteiger partial charge in [0, 0.05) is 39.9 Å². The molecule has 1 aliphatic carbocycles. The number of hydrogen-bond donors (Lipinski definition) is 2. The van der Waals surface area contributed by atoms with Gasteiger partial charge in [0.2, 0.25) is 0 Å².